The van der Waals surface area contributed by atoms with E-state index >= 15 is 0 Å². The summed E-state index contributed by atoms with van der Waals surface area (Å²) < 4.78 is 5.08. The van der Waals surface area contributed by atoms with Gasteiger partial charge in [-0.25, -0.2) is 4.79 Å². The van der Waals surface area contributed by atoms with Crippen LogP contribution in [0.4, 0.5) is 0 Å². The molecule has 2 amide bonds. The van der Waals surface area contributed by atoms with E-state index in [0.717, 1.165) is 16.7 Å². The first-order valence-corrected chi connectivity index (χ1v) is 10.8. The molecule has 6 nitrogen and oxygen atoms in total. The highest BCUT2D eigenvalue weighted by Gasteiger charge is 2.35. The van der Waals surface area contributed by atoms with Gasteiger partial charge >= 0.3 is 5.97 Å². The summed E-state index contributed by atoms with van der Waals surface area (Å²) in [5, 5.41) is 5.57. The molecule has 0 bridgehead atoms. The van der Waals surface area contributed by atoms with Crippen LogP contribution in [-0.2, 0) is 25.5 Å². The molecule has 0 spiro atoms. The Bertz CT molecular complexity index is 1020. The number of esters is 1. The second-order valence-corrected chi connectivity index (χ2v) is 7.75. The molecule has 0 aliphatic carbocycles. The van der Waals surface area contributed by atoms with Crippen LogP contribution in [0, 0.1) is 0 Å². The summed E-state index contributed by atoms with van der Waals surface area (Å²) in [5.41, 5.74) is 2.61. The summed E-state index contributed by atoms with van der Waals surface area (Å²) in [6, 6.07) is 26.5. The first kappa shape index (κ1) is 23.7. The summed E-state index contributed by atoms with van der Waals surface area (Å²) in [6.07, 6.45) is 0.293. The van der Waals surface area contributed by atoms with Crippen molar-refractivity contribution >= 4 is 17.8 Å². The van der Waals surface area contributed by atoms with Gasteiger partial charge in [0.05, 0.1) is 7.11 Å². The Labute approximate surface area is 194 Å². The van der Waals surface area contributed by atoms with Crippen LogP contribution in [0.5, 0.6) is 0 Å². The van der Waals surface area contributed by atoms with Crippen molar-refractivity contribution in [1.82, 2.24) is 10.6 Å². The average Bonchev–Trinajstić information content (AvgIpc) is 2.84. The van der Waals surface area contributed by atoms with E-state index in [-0.39, 0.29) is 5.91 Å². The van der Waals surface area contributed by atoms with Gasteiger partial charge in [0.25, 0.3) is 0 Å². The van der Waals surface area contributed by atoms with Gasteiger partial charge < -0.3 is 15.4 Å². The Morgan fingerprint density at radius 3 is 1.70 bits per heavy atom. The fraction of sp³-hybridized carbons (Fsp3) is 0.222. The number of ether oxygens (including phenoxy) is 1. The van der Waals surface area contributed by atoms with Crippen LogP contribution in [0.25, 0.3) is 0 Å². The van der Waals surface area contributed by atoms with Crippen molar-refractivity contribution in [3.8, 4) is 0 Å². The Hall–Kier alpha value is -3.93. The third-order valence-corrected chi connectivity index (χ3v) is 5.38. The van der Waals surface area contributed by atoms with E-state index in [1.54, 1.807) is 0 Å². The van der Waals surface area contributed by atoms with Gasteiger partial charge in [-0.3, -0.25) is 9.59 Å². The van der Waals surface area contributed by atoms with Crippen molar-refractivity contribution in [2.45, 2.75) is 31.3 Å². The highest BCUT2D eigenvalue weighted by Crippen LogP contribution is 2.29. The third-order valence-electron chi connectivity index (χ3n) is 5.38. The van der Waals surface area contributed by atoms with Crippen LogP contribution in [0.15, 0.2) is 91.0 Å². The molecule has 0 unspecified atom stereocenters. The molecule has 3 aromatic carbocycles. The number of benzene rings is 3. The molecule has 3 rings (SSSR count). The van der Waals surface area contributed by atoms with Crippen molar-refractivity contribution in [3.05, 3.63) is 108 Å². The molecule has 0 fully saturated rings. The quantitative estimate of drug-likeness (QED) is 0.497. The number of hydrogen-bond donors (Lipinski definition) is 2. The van der Waals surface area contributed by atoms with E-state index < -0.39 is 29.9 Å². The predicted octanol–water partition coefficient (Wildman–Crippen LogP) is 3.22. The molecule has 170 valence electrons. The molecule has 0 saturated heterocycles. The summed E-state index contributed by atoms with van der Waals surface area (Å²) in [6.45, 7) is 1.36. The first-order chi connectivity index (χ1) is 16.0. The lowest BCUT2D eigenvalue weighted by Gasteiger charge is -2.29. The molecule has 6 heteroatoms. The number of carbonyl (C=O) groups excluding carboxylic acids is 3. The molecular formula is C27H28N2O4. The highest BCUT2D eigenvalue weighted by atomic mass is 16.5. The molecule has 3 aromatic rings. The maximum absolute atomic E-state index is 13.3. The van der Waals surface area contributed by atoms with Crippen molar-refractivity contribution in [2.24, 2.45) is 0 Å². The summed E-state index contributed by atoms with van der Waals surface area (Å²) in [4.78, 5) is 38.1. The Kier molecular flexibility index (Phi) is 8.36. The third kappa shape index (κ3) is 6.53. The number of rotatable bonds is 9. The fourth-order valence-corrected chi connectivity index (χ4v) is 3.86. The Morgan fingerprint density at radius 1 is 0.758 bits per heavy atom. The van der Waals surface area contributed by atoms with Gasteiger partial charge in [-0.05, 0) is 16.7 Å². The Balaban J connectivity index is 1.95. The zero-order chi connectivity index (χ0) is 23.6. The first-order valence-electron chi connectivity index (χ1n) is 10.8. The maximum atomic E-state index is 13.3. The van der Waals surface area contributed by atoms with Gasteiger partial charge in [0.15, 0.2) is 0 Å². The summed E-state index contributed by atoms with van der Waals surface area (Å²) in [5.74, 6) is -1.83. The van der Waals surface area contributed by atoms with Gasteiger partial charge in [0.1, 0.15) is 12.1 Å². The predicted molar refractivity (Wildman–Crippen MR) is 126 cm³/mol. The van der Waals surface area contributed by atoms with Crippen LogP contribution >= 0.6 is 0 Å². The number of hydrogen-bond acceptors (Lipinski definition) is 4. The lowest BCUT2D eigenvalue weighted by atomic mass is 9.84. The molecule has 33 heavy (non-hydrogen) atoms. The fourth-order valence-electron chi connectivity index (χ4n) is 3.86. The number of carbonyl (C=O) groups is 3. The van der Waals surface area contributed by atoms with Crippen molar-refractivity contribution < 1.29 is 19.1 Å². The summed E-state index contributed by atoms with van der Waals surface area (Å²) >= 11 is 0. The molecular weight excluding hydrogens is 416 g/mol. The van der Waals surface area contributed by atoms with Crippen LogP contribution in [0.2, 0.25) is 0 Å². The minimum atomic E-state index is -0.987. The Morgan fingerprint density at radius 2 is 1.24 bits per heavy atom. The smallest absolute Gasteiger partial charge is 0.329 e. The van der Waals surface area contributed by atoms with Crippen molar-refractivity contribution in [3.63, 3.8) is 0 Å². The van der Waals surface area contributed by atoms with Crippen LogP contribution < -0.4 is 10.6 Å². The molecule has 0 saturated carbocycles. The SMILES string of the molecule is COC(=O)[C@H](NC(=O)[C@H](Cc1ccccc1)NC(C)=O)C(c1ccccc1)c1ccccc1. The number of amides is 2. The zero-order valence-corrected chi connectivity index (χ0v) is 18.7. The van der Waals surface area contributed by atoms with Crippen molar-refractivity contribution in [2.75, 3.05) is 7.11 Å². The van der Waals surface area contributed by atoms with E-state index in [9.17, 15) is 14.4 Å². The number of methoxy groups -OCH3 is 1. The van der Waals surface area contributed by atoms with Gasteiger partial charge in [0, 0.05) is 19.3 Å². The van der Waals surface area contributed by atoms with E-state index in [1.807, 2.05) is 91.0 Å². The van der Waals surface area contributed by atoms with Gasteiger partial charge in [-0.15, -0.1) is 0 Å². The molecule has 0 aromatic heterocycles. The maximum Gasteiger partial charge on any atom is 0.329 e. The van der Waals surface area contributed by atoms with E-state index in [0.29, 0.717) is 6.42 Å². The second kappa shape index (κ2) is 11.6. The molecule has 0 heterocycles. The average molecular weight is 445 g/mol. The van der Waals surface area contributed by atoms with Gasteiger partial charge in [0.2, 0.25) is 11.8 Å². The van der Waals surface area contributed by atoms with Crippen molar-refractivity contribution in [1.29, 1.82) is 0 Å². The minimum Gasteiger partial charge on any atom is -0.467 e. The van der Waals surface area contributed by atoms with Gasteiger partial charge in [-0.1, -0.05) is 91.0 Å². The monoisotopic (exact) mass is 444 g/mol. The lowest BCUT2D eigenvalue weighted by Crippen LogP contribution is -2.54. The molecule has 0 radical (unpaired) electrons. The van der Waals surface area contributed by atoms with Crippen LogP contribution in [0.3, 0.4) is 0 Å². The van der Waals surface area contributed by atoms with Crippen LogP contribution in [0.1, 0.15) is 29.5 Å². The topological polar surface area (TPSA) is 84.5 Å². The minimum absolute atomic E-state index is 0.293. The summed E-state index contributed by atoms with van der Waals surface area (Å²) in [7, 11) is 1.30. The standard InChI is InChI=1S/C27H28N2O4/c1-19(30)28-23(18-20-12-6-3-7-13-20)26(31)29-25(27(32)33-2)24(21-14-8-4-9-15-21)22-16-10-5-11-17-22/h3-17,23-25H,18H2,1-2H3,(H,28,30)(H,29,31)/t23-,25+/m0/s1. The van der Waals surface area contributed by atoms with Crippen LogP contribution in [-0.4, -0.2) is 37.0 Å². The lowest BCUT2D eigenvalue weighted by molar-refractivity contribution is -0.145. The molecule has 2 N–H and O–H groups in total. The van der Waals surface area contributed by atoms with Gasteiger partial charge in [-0.2, -0.15) is 0 Å². The highest BCUT2D eigenvalue weighted by molar-refractivity contribution is 5.91. The molecule has 2 atom stereocenters. The number of nitrogens with one attached hydrogen (secondary N) is 2. The molecule has 0 aliphatic heterocycles. The van der Waals surface area contributed by atoms with E-state index in [1.165, 1.54) is 14.0 Å². The van der Waals surface area contributed by atoms with E-state index in [2.05, 4.69) is 10.6 Å². The zero-order valence-electron chi connectivity index (χ0n) is 18.7. The normalized spacial score (nSPS) is 12.5. The second-order valence-electron chi connectivity index (χ2n) is 7.75. The van der Waals surface area contributed by atoms with E-state index in [4.69, 9.17) is 4.74 Å². The molecule has 0 aliphatic rings. The largest absolute Gasteiger partial charge is 0.467 e.